The largest absolute Gasteiger partial charge is 0.393 e. The number of hydrogen-bond donors (Lipinski definition) is 4. The van der Waals surface area contributed by atoms with Crippen LogP contribution in [0.15, 0.2) is 23.2 Å². The van der Waals surface area contributed by atoms with Gasteiger partial charge in [-0.05, 0) is 57.2 Å². The lowest BCUT2D eigenvalue weighted by molar-refractivity contribution is -0.116. The lowest BCUT2D eigenvalue weighted by Gasteiger charge is -2.27. The van der Waals surface area contributed by atoms with E-state index in [1.807, 2.05) is 26.0 Å². The average molecular weight is 381 g/mol. The van der Waals surface area contributed by atoms with E-state index < -0.39 is 0 Å². The lowest BCUT2D eigenvalue weighted by atomic mass is 9.93. The molecule has 0 atom stereocenters. The first kappa shape index (κ1) is 20.5. The van der Waals surface area contributed by atoms with Gasteiger partial charge in [-0.15, -0.1) is 0 Å². The molecule has 0 spiro atoms. The molecule has 1 aliphatic carbocycles. The molecule has 1 saturated carbocycles. The molecule has 0 unspecified atom stereocenters. The Morgan fingerprint density at radius 2 is 2.04 bits per heavy atom. The number of amides is 1. The summed E-state index contributed by atoms with van der Waals surface area (Å²) >= 11 is 6.07. The highest BCUT2D eigenvalue weighted by Gasteiger charge is 2.19. The van der Waals surface area contributed by atoms with Crippen LogP contribution in [0.1, 0.15) is 44.6 Å². The standard InChI is InChI=1S/C19H29ClN4O2/c1-3-21-19(23-14-7-9-15(25)10-8-14)22-12-11-18(26)24-17-6-4-5-16(20)13(17)2/h4-6,14-15,25H,3,7-12H2,1-2H3,(H,24,26)(H2,21,22,23). The lowest BCUT2D eigenvalue weighted by Crippen LogP contribution is -2.45. The number of carbonyl (C=O) groups is 1. The van der Waals surface area contributed by atoms with Crippen LogP contribution in [0.5, 0.6) is 0 Å². The molecule has 0 aliphatic heterocycles. The molecule has 0 saturated heterocycles. The molecule has 1 amide bonds. The molecule has 6 nitrogen and oxygen atoms in total. The summed E-state index contributed by atoms with van der Waals surface area (Å²) in [7, 11) is 0. The number of halogens is 1. The van der Waals surface area contributed by atoms with Gasteiger partial charge in [0.1, 0.15) is 0 Å². The smallest absolute Gasteiger partial charge is 0.226 e. The average Bonchev–Trinajstić information content (AvgIpc) is 2.61. The number of nitrogens with one attached hydrogen (secondary N) is 3. The van der Waals surface area contributed by atoms with E-state index in [0.717, 1.165) is 49.4 Å². The van der Waals surface area contributed by atoms with Gasteiger partial charge in [-0.25, -0.2) is 0 Å². The summed E-state index contributed by atoms with van der Waals surface area (Å²) in [5.74, 6) is 0.636. The Morgan fingerprint density at radius 3 is 2.73 bits per heavy atom. The Kier molecular flexibility index (Phi) is 8.19. The molecule has 0 heterocycles. The summed E-state index contributed by atoms with van der Waals surface area (Å²) in [5.41, 5.74) is 1.60. The fraction of sp³-hybridized carbons (Fsp3) is 0.579. The molecule has 4 N–H and O–H groups in total. The quantitative estimate of drug-likeness (QED) is 0.451. The van der Waals surface area contributed by atoms with Gasteiger partial charge in [0.15, 0.2) is 5.96 Å². The van der Waals surface area contributed by atoms with Crippen molar-refractivity contribution in [3.8, 4) is 0 Å². The van der Waals surface area contributed by atoms with E-state index in [1.54, 1.807) is 6.07 Å². The molecule has 26 heavy (non-hydrogen) atoms. The molecule has 0 radical (unpaired) electrons. The summed E-state index contributed by atoms with van der Waals surface area (Å²) in [6.07, 6.45) is 3.62. The maximum atomic E-state index is 12.1. The summed E-state index contributed by atoms with van der Waals surface area (Å²) in [6, 6.07) is 5.78. The molecule has 7 heteroatoms. The Labute approximate surface area is 160 Å². The first-order chi connectivity index (χ1) is 12.5. The number of aliphatic hydroxyl groups excluding tert-OH is 1. The minimum atomic E-state index is -0.175. The van der Waals surface area contributed by atoms with Crippen molar-refractivity contribution >= 4 is 29.2 Å². The summed E-state index contributed by atoms with van der Waals surface area (Å²) < 4.78 is 0. The molecule has 1 fully saturated rings. The zero-order valence-electron chi connectivity index (χ0n) is 15.5. The van der Waals surface area contributed by atoms with Gasteiger partial charge in [0.2, 0.25) is 5.91 Å². The van der Waals surface area contributed by atoms with Crippen LogP contribution < -0.4 is 16.0 Å². The van der Waals surface area contributed by atoms with Gasteiger partial charge in [0.05, 0.1) is 12.6 Å². The SMILES string of the molecule is CCNC(=NCCC(=O)Nc1cccc(Cl)c1C)NC1CCC(O)CC1. The van der Waals surface area contributed by atoms with E-state index >= 15 is 0 Å². The summed E-state index contributed by atoms with van der Waals surface area (Å²) in [5, 5.41) is 19.7. The molecule has 2 rings (SSSR count). The number of carbonyl (C=O) groups excluding carboxylic acids is 1. The van der Waals surface area contributed by atoms with Gasteiger partial charge in [-0.2, -0.15) is 0 Å². The topological polar surface area (TPSA) is 85.8 Å². The molecule has 1 aromatic carbocycles. The van der Waals surface area contributed by atoms with E-state index in [-0.39, 0.29) is 12.0 Å². The van der Waals surface area contributed by atoms with Crippen LogP contribution >= 0.6 is 11.6 Å². The molecule has 0 aromatic heterocycles. The van der Waals surface area contributed by atoms with Gasteiger partial charge in [0, 0.05) is 29.7 Å². The van der Waals surface area contributed by atoms with Crippen LogP contribution in [0.2, 0.25) is 5.02 Å². The summed E-state index contributed by atoms with van der Waals surface area (Å²) in [6.45, 7) is 5.05. The van der Waals surface area contributed by atoms with Crippen molar-refractivity contribution in [2.45, 2.75) is 58.1 Å². The minimum absolute atomic E-state index is 0.0873. The third-order valence-corrected chi connectivity index (χ3v) is 4.94. The monoisotopic (exact) mass is 380 g/mol. The van der Waals surface area contributed by atoms with E-state index in [9.17, 15) is 9.90 Å². The molecule has 1 aromatic rings. The second kappa shape index (κ2) is 10.4. The second-order valence-electron chi connectivity index (χ2n) is 6.62. The highest BCUT2D eigenvalue weighted by molar-refractivity contribution is 6.31. The van der Waals surface area contributed by atoms with Gasteiger partial charge in [0.25, 0.3) is 0 Å². The minimum Gasteiger partial charge on any atom is -0.393 e. The number of anilines is 1. The molecule has 1 aliphatic rings. The van der Waals surface area contributed by atoms with Crippen LogP contribution in [-0.2, 0) is 4.79 Å². The zero-order chi connectivity index (χ0) is 18.9. The number of nitrogens with zero attached hydrogens (tertiary/aromatic N) is 1. The Morgan fingerprint density at radius 1 is 1.31 bits per heavy atom. The third-order valence-electron chi connectivity index (χ3n) is 4.53. The van der Waals surface area contributed by atoms with E-state index in [4.69, 9.17) is 11.6 Å². The fourth-order valence-electron chi connectivity index (χ4n) is 2.96. The third kappa shape index (κ3) is 6.50. The van der Waals surface area contributed by atoms with Gasteiger partial charge in [-0.1, -0.05) is 17.7 Å². The molecular formula is C19H29ClN4O2. The number of rotatable bonds is 6. The van der Waals surface area contributed by atoms with Crippen molar-refractivity contribution in [2.75, 3.05) is 18.4 Å². The summed E-state index contributed by atoms with van der Waals surface area (Å²) in [4.78, 5) is 16.6. The maximum absolute atomic E-state index is 12.1. The van der Waals surface area contributed by atoms with E-state index in [1.165, 1.54) is 0 Å². The van der Waals surface area contributed by atoms with Crippen LogP contribution in [0.4, 0.5) is 5.69 Å². The van der Waals surface area contributed by atoms with Crippen LogP contribution in [-0.4, -0.2) is 42.2 Å². The predicted octanol–water partition coefficient (Wildman–Crippen LogP) is 2.84. The van der Waals surface area contributed by atoms with Crippen molar-refractivity contribution in [3.63, 3.8) is 0 Å². The molecular weight excluding hydrogens is 352 g/mol. The van der Waals surface area contributed by atoms with E-state index in [2.05, 4.69) is 20.9 Å². The number of hydrogen-bond acceptors (Lipinski definition) is 3. The number of guanidine groups is 1. The van der Waals surface area contributed by atoms with Crippen molar-refractivity contribution in [1.82, 2.24) is 10.6 Å². The predicted molar refractivity (Wildman–Crippen MR) is 107 cm³/mol. The van der Waals surface area contributed by atoms with Crippen molar-refractivity contribution in [2.24, 2.45) is 4.99 Å². The first-order valence-corrected chi connectivity index (χ1v) is 9.65. The van der Waals surface area contributed by atoms with Crippen molar-refractivity contribution in [3.05, 3.63) is 28.8 Å². The van der Waals surface area contributed by atoms with E-state index in [0.29, 0.717) is 24.0 Å². The van der Waals surface area contributed by atoms with Gasteiger partial charge < -0.3 is 21.1 Å². The Balaban J connectivity index is 1.83. The molecule has 144 valence electrons. The first-order valence-electron chi connectivity index (χ1n) is 9.27. The molecule has 0 bridgehead atoms. The number of benzene rings is 1. The fourth-order valence-corrected chi connectivity index (χ4v) is 3.13. The Hall–Kier alpha value is -1.79. The number of aliphatic imine (C=N–C) groups is 1. The Bertz CT molecular complexity index is 628. The van der Waals surface area contributed by atoms with Crippen molar-refractivity contribution in [1.29, 1.82) is 0 Å². The van der Waals surface area contributed by atoms with Gasteiger partial charge in [-0.3, -0.25) is 9.79 Å². The highest BCUT2D eigenvalue weighted by atomic mass is 35.5. The van der Waals surface area contributed by atoms with Crippen LogP contribution in [0, 0.1) is 6.92 Å². The normalized spacial score (nSPS) is 20.5. The highest BCUT2D eigenvalue weighted by Crippen LogP contribution is 2.23. The zero-order valence-corrected chi connectivity index (χ0v) is 16.3. The van der Waals surface area contributed by atoms with Crippen LogP contribution in [0.25, 0.3) is 0 Å². The second-order valence-corrected chi connectivity index (χ2v) is 7.03. The van der Waals surface area contributed by atoms with Crippen molar-refractivity contribution < 1.29 is 9.90 Å². The number of aliphatic hydroxyl groups is 1. The van der Waals surface area contributed by atoms with Crippen LogP contribution in [0.3, 0.4) is 0 Å². The maximum Gasteiger partial charge on any atom is 0.226 e. The van der Waals surface area contributed by atoms with Gasteiger partial charge >= 0.3 is 0 Å².